The first-order valence-electron chi connectivity index (χ1n) is 13.2. The highest BCUT2D eigenvalue weighted by molar-refractivity contribution is 7.90. The van der Waals surface area contributed by atoms with Gasteiger partial charge in [0.1, 0.15) is 18.3 Å². The topological polar surface area (TPSA) is 99.3 Å². The number of carbonyl (C=O) groups is 2. The second-order valence-corrected chi connectivity index (χ2v) is 11.6. The molecule has 9 nitrogen and oxygen atoms in total. The summed E-state index contributed by atoms with van der Waals surface area (Å²) in [6.07, 6.45) is 0.994. The molecule has 0 saturated carbocycles. The molecule has 10 heteroatoms. The number of hydrogen-bond acceptors (Lipinski definition) is 5. The van der Waals surface area contributed by atoms with Crippen LogP contribution < -0.4 is 14.4 Å². The zero-order chi connectivity index (χ0) is 29.1. The van der Waals surface area contributed by atoms with Gasteiger partial charge in [0.2, 0.25) is 11.8 Å². The highest BCUT2D eigenvalue weighted by atomic mass is 32.2. The van der Waals surface area contributed by atoms with Crippen LogP contribution in [0.25, 0.3) is 0 Å². The molecule has 2 amide bonds. The van der Waals surface area contributed by atoms with Gasteiger partial charge in [-0.25, -0.2) is 4.31 Å². The zero-order valence-corrected chi connectivity index (χ0v) is 24.3. The molecule has 0 aliphatic carbocycles. The van der Waals surface area contributed by atoms with E-state index in [0.717, 1.165) is 26.2 Å². The Labute approximate surface area is 237 Å². The lowest BCUT2D eigenvalue weighted by Crippen LogP contribution is -2.54. The third kappa shape index (κ3) is 8.06. The minimum absolute atomic E-state index is 0.0811. The summed E-state index contributed by atoms with van der Waals surface area (Å²) in [5.74, 6) is -0.200. The fourth-order valence-electron chi connectivity index (χ4n) is 4.20. The second kappa shape index (κ2) is 14.5. The van der Waals surface area contributed by atoms with E-state index >= 15 is 0 Å². The van der Waals surface area contributed by atoms with Gasteiger partial charge in [0.15, 0.2) is 0 Å². The Balaban J connectivity index is 2.07. The molecule has 3 aromatic rings. The lowest BCUT2D eigenvalue weighted by atomic mass is 10.0. The molecule has 40 heavy (non-hydrogen) atoms. The van der Waals surface area contributed by atoms with E-state index in [2.05, 4.69) is 5.32 Å². The van der Waals surface area contributed by atoms with Crippen LogP contribution in [0.15, 0.2) is 84.9 Å². The van der Waals surface area contributed by atoms with Crippen molar-refractivity contribution < 1.29 is 22.7 Å². The molecule has 0 aliphatic rings. The number of rotatable bonds is 14. The number of benzene rings is 3. The van der Waals surface area contributed by atoms with Gasteiger partial charge >= 0.3 is 10.2 Å². The molecule has 0 radical (unpaired) electrons. The van der Waals surface area contributed by atoms with Crippen molar-refractivity contribution >= 4 is 27.7 Å². The first kappa shape index (κ1) is 30.6. The number of anilines is 1. The summed E-state index contributed by atoms with van der Waals surface area (Å²) >= 11 is 0. The van der Waals surface area contributed by atoms with E-state index in [9.17, 15) is 18.0 Å². The van der Waals surface area contributed by atoms with E-state index in [1.54, 1.807) is 49.6 Å². The molecule has 1 unspecified atom stereocenters. The first-order valence-corrected chi connectivity index (χ1v) is 14.6. The highest BCUT2D eigenvalue weighted by Crippen LogP contribution is 2.22. The summed E-state index contributed by atoms with van der Waals surface area (Å²) in [6.45, 7) is 2.00. The monoisotopic (exact) mass is 566 g/mol. The molecular formula is C30H38N4O5S. The van der Waals surface area contributed by atoms with Crippen LogP contribution in [0.2, 0.25) is 0 Å². The zero-order valence-electron chi connectivity index (χ0n) is 23.5. The van der Waals surface area contributed by atoms with Crippen molar-refractivity contribution in [3.8, 4) is 5.75 Å². The average molecular weight is 567 g/mol. The summed E-state index contributed by atoms with van der Waals surface area (Å²) in [5.41, 5.74) is 1.97. The second-order valence-electron chi connectivity index (χ2n) is 9.50. The van der Waals surface area contributed by atoms with Gasteiger partial charge < -0.3 is 15.0 Å². The average Bonchev–Trinajstić information content (AvgIpc) is 2.97. The predicted octanol–water partition coefficient (Wildman–Crippen LogP) is 3.47. The number of ether oxygens (including phenoxy) is 1. The fraction of sp³-hybridized carbons (Fsp3) is 0.333. The maximum absolute atomic E-state index is 14.2. The largest absolute Gasteiger partial charge is 0.497 e. The van der Waals surface area contributed by atoms with Crippen LogP contribution in [-0.2, 0) is 32.8 Å². The van der Waals surface area contributed by atoms with Crippen LogP contribution in [0.4, 0.5) is 5.69 Å². The Morgan fingerprint density at radius 3 is 2.12 bits per heavy atom. The third-order valence-electron chi connectivity index (χ3n) is 6.37. The number of methoxy groups -OCH3 is 1. The van der Waals surface area contributed by atoms with Gasteiger partial charge in [0.25, 0.3) is 0 Å². The SMILES string of the molecule is CCCNC(=O)C(Cc1ccccc1)N(Cc1cccc(OC)c1)C(=O)CN(c1ccccc1)S(=O)(=O)N(C)C. The minimum atomic E-state index is -4.02. The number of nitrogens with zero attached hydrogens (tertiary/aromatic N) is 3. The van der Waals surface area contributed by atoms with Crippen molar-refractivity contribution in [2.24, 2.45) is 0 Å². The molecule has 3 aromatic carbocycles. The van der Waals surface area contributed by atoms with E-state index in [-0.39, 0.29) is 18.9 Å². The molecule has 0 spiro atoms. The summed E-state index contributed by atoms with van der Waals surface area (Å²) in [7, 11) is 0.367. The number of para-hydroxylation sites is 1. The summed E-state index contributed by atoms with van der Waals surface area (Å²) < 4.78 is 34.2. The molecule has 1 atom stereocenters. The molecule has 0 fully saturated rings. The van der Waals surface area contributed by atoms with Gasteiger partial charge in [-0.3, -0.25) is 9.59 Å². The van der Waals surface area contributed by atoms with Gasteiger partial charge in [-0.05, 0) is 41.8 Å². The molecule has 0 aliphatic heterocycles. The van der Waals surface area contributed by atoms with Crippen molar-refractivity contribution in [3.63, 3.8) is 0 Å². The van der Waals surface area contributed by atoms with E-state index in [1.165, 1.54) is 19.0 Å². The van der Waals surface area contributed by atoms with E-state index in [1.807, 2.05) is 49.4 Å². The Hall–Kier alpha value is -3.89. The minimum Gasteiger partial charge on any atom is -0.497 e. The van der Waals surface area contributed by atoms with Gasteiger partial charge in [0, 0.05) is 33.6 Å². The molecule has 0 heterocycles. The number of hydrogen-bond donors (Lipinski definition) is 1. The third-order valence-corrected chi connectivity index (χ3v) is 8.19. The normalized spacial score (nSPS) is 12.0. The van der Waals surface area contributed by atoms with E-state index < -0.39 is 28.7 Å². The van der Waals surface area contributed by atoms with Crippen LogP contribution in [0.5, 0.6) is 5.75 Å². The molecule has 0 aromatic heterocycles. The number of nitrogens with one attached hydrogen (secondary N) is 1. The maximum Gasteiger partial charge on any atom is 0.304 e. The van der Waals surface area contributed by atoms with Crippen LogP contribution in [-0.4, -0.2) is 69.8 Å². The molecule has 1 N–H and O–H groups in total. The van der Waals surface area contributed by atoms with Gasteiger partial charge in [-0.15, -0.1) is 0 Å². The van der Waals surface area contributed by atoms with Crippen molar-refractivity contribution in [2.75, 3.05) is 38.6 Å². The van der Waals surface area contributed by atoms with Gasteiger partial charge in [-0.2, -0.15) is 12.7 Å². The highest BCUT2D eigenvalue weighted by Gasteiger charge is 2.34. The Morgan fingerprint density at radius 1 is 0.900 bits per heavy atom. The molecule has 0 bridgehead atoms. The Kier molecular flexibility index (Phi) is 11.1. The summed E-state index contributed by atoms with van der Waals surface area (Å²) in [5, 5.41) is 2.93. The molecule has 3 rings (SSSR count). The van der Waals surface area contributed by atoms with Crippen molar-refractivity contribution in [1.29, 1.82) is 0 Å². The standard InChI is InChI=1S/C30H38N4O5S/c1-5-19-31-30(36)28(21-24-13-8-6-9-14-24)33(22-25-15-12-18-27(20-25)39-4)29(35)23-34(40(37,38)32(2)3)26-16-10-7-11-17-26/h6-18,20,28H,5,19,21-23H2,1-4H3,(H,31,36). The number of carbonyl (C=O) groups excluding carboxylic acids is 2. The van der Waals surface area contributed by atoms with E-state index in [4.69, 9.17) is 4.74 Å². The Morgan fingerprint density at radius 2 is 1.52 bits per heavy atom. The van der Waals surface area contributed by atoms with Crippen LogP contribution >= 0.6 is 0 Å². The number of amides is 2. The smallest absolute Gasteiger partial charge is 0.304 e. The summed E-state index contributed by atoms with van der Waals surface area (Å²) in [4.78, 5) is 29.2. The Bertz CT molecular complexity index is 1350. The predicted molar refractivity (Wildman–Crippen MR) is 157 cm³/mol. The maximum atomic E-state index is 14.2. The molecule has 0 saturated heterocycles. The van der Waals surface area contributed by atoms with Gasteiger partial charge in [-0.1, -0.05) is 67.6 Å². The quantitative estimate of drug-likeness (QED) is 0.322. The molecular weight excluding hydrogens is 528 g/mol. The lowest BCUT2D eigenvalue weighted by molar-refractivity contribution is -0.140. The molecule has 214 valence electrons. The van der Waals surface area contributed by atoms with Crippen molar-refractivity contribution in [2.45, 2.75) is 32.4 Å². The first-order chi connectivity index (χ1) is 19.2. The van der Waals surface area contributed by atoms with E-state index in [0.29, 0.717) is 18.0 Å². The van der Waals surface area contributed by atoms with Crippen LogP contribution in [0.1, 0.15) is 24.5 Å². The fourth-order valence-corrected chi connectivity index (χ4v) is 5.25. The van der Waals surface area contributed by atoms with Gasteiger partial charge in [0.05, 0.1) is 12.8 Å². The van der Waals surface area contributed by atoms with Crippen molar-refractivity contribution in [3.05, 3.63) is 96.1 Å². The lowest BCUT2D eigenvalue weighted by Gasteiger charge is -2.34. The summed E-state index contributed by atoms with van der Waals surface area (Å²) in [6, 6.07) is 24.3. The van der Waals surface area contributed by atoms with Crippen LogP contribution in [0.3, 0.4) is 0 Å². The van der Waals surface area contributed by atoms with Crippen molar-refractivity contribution in [1.82, 2.24) is 14.5 Å². The van der Waals surface area contributed by atoms with Crippen LogP contribution in [0, 0.1) is 0 Å².